The minimum atomic E-state index is -0.254. The van der Waals surface area contributed by atoms with Crippen LogP contribution in [0.4, 0.5) is 0 Å². The van der Waals surface area contributed by atoms with Crippen molar-refractivity contribution in [1.82, 2.24) is 24.3 Å². The molecule has 0 aliphatic heterocycles. The largest absolute Gasteiger partial charge is 0.348 e. The van der Waals surface area contributed by atoms with Crippen molar-refractivity contribution in [1.29, 1.82) is 0 Å². The molecule has 0 saturated carbocycles. The monoisotopic (exact) mass is 321 g/mol. The summed E-state index contributed by atoms with van der Waals surface area (Å²) in [6, 6.07) is 8.33. The molecule has 2 aromatic heterocycles. The molecule has 6 heteroatoms. The highest BCUT2D eigenvalue weighted by Crippen LogP contribution is 2.24. The fourth-order valence-corrected chi connectivity index (χ4v) is 3.39. The van der Waals surface area contributed by atoms with Crippen molar-refractivity contribution in [2.45, 2.75) is 39.7 Å². The molecular weight excluding hydrogens is 302 g/mol. The maximum Gasteiger partial charge on any atom is 0.348 e. The summed E-state index contributed by atoms with van der Waals surface area (Å²) in [6.07, 6.45) is 5.02. The van der Waals surface area contributed by atoms with Crippen LogP contribution in [0.15, 0.2) is 35.4 Å². The average molecular weight is 321 g/mol. The third-order valence-electron chi connectivity index (χ3n) is 4.59. The molecule has 3 aromatic rings. The fourth-order valence-electron chi connectivity index (χ4n) is 3.39. The molecule has 1 aromatic carbocycles. The summed E-state index contributed by atoms with van der Waals surface area (Å²) in [4.78, 5) is 20.5. The van der Waals surface area contributed by atoms with E-state index in [1.165, 1.54) is 23.9 Å². The zero-order valence-electron chi connectivity index (χ0n) is 13.9. The van der Waals surface area contributed by atoms with Gasteiger partial charge in [-0.15, -0.1) is 0 Å². The quantitative estimate of drug-likeness (QED) is 0.740. The Morgan fingerprint density at radius 1 is 1.12 bits per heavy atom. The summed E-state index contributed by atoms with van der Waals surface area (Å²) >= 11 is 0. The molecule has 0 unspecified atom stereocenters. The highest BCUT2D eigenvalue weighted by molar-refractivity contribution is 5.42. The van der Waals surface area contributed by atoms with Crippen LogP contribution >= 0.6 is 0 Å². The van der Waals surface area contributed by atoms with E-state index < -0.39 is 0 Å². The van der Waals surface area contributed by atoms with Crippen LogP contribution in [0.2, 0.25) is 0 Å². The van der Waals surface area contributed by atoms with Crippen LogP contribution in [0.5, 0.6) is 0 Å². The second-order valence-corrected chi connectivity index (χ2v) is 6.30. The Hall–Kier alpha value is -2.76. The Kier molecular flexibility index (Phi) is 3.52. The molecule has 0 fully saturated rings. The molecule has 2 heterocycles. The van der Waals surface area contributed by atoms with Gasteiger partial charge in [-0.3, -0.25) is 4.57 Å². The van der Waals surface area contributed by atoms with E-state index in [2.05, 4.69) is 33.3 Å². The van der Waals surface area contributed by atoms with Crippen LogP contribution < -0.4 is 5.69 Å². The molecule has 0 spiro atoms. The first-order valence-electron chi connectivity index (χ1n) is 8.18. The second kappa shape index (κ2) is 5.70. The van der Waals surface area contributed by atoms with Gasteiger partial charge in [0, 0.05) is 11.4 Å². The van der Waals surface area contributed by atoms with Crippen LogP contribution in [-0.4, -0.2) is 24.3 Å². The van der Waals surface area contributed by atoms with Crippen LogP contribution in [0, 0.1) is 13.8 Å². The molecule has 122 valence electrons. The molecule has 0 amide bonds. The molecule has 4 rings (SSSR count). The van der Waals surface area contributed by atoms with E-state index in [4.69, 9.17) is 0 Å². The molecule has 6 nitrogen and oxygen atoms in total. The molecule has 0 radical (unpaired) electrons. The number of hydrogen-bond acceptors (Lipinski definition) is 4. The summed E-state index contributed by atoms with van der Waals surface area (Å²) in [5.41, 5.74) is 5.16. The third-order valence-corrected chi connectivity index (χ3v) is 4.59. The van der Waals surface area contributed by atoms with E-state index >= 15 is 0 Å². The highest BCUT2D eigenvalue weighted by atomic mass is 16.1. The second-order valence-electron chi connectivity index (χ2n) is 6.30. The minimum absolute atomic E-state index is 0.254. The molecule has 0 saturated heterocycles. The fraction of sp³-hybridized carbons (Fsp3) is 0.333. The molecule has 1 aliphatic carbocycles. The van der Waals surface area contributed by atoms with Crippen molar-refractivity contribution in [3.63, 3.8) is 0 Å². The first kappa shape index (κ1) is 14.8. The number of rotatable bonds is 3. The molecule has 0 N–H and O–H groups in total. The SMILES string of the molecule is Cc1cc(C)n(Cc2ncnn2-c2ccc3c(c2)CCC3)c(=O)n1. The van der Waals surface area contributed by atoms with Gasteiger partial charge in [0.1, 0.15) is 6.33 Å². The van der Waals surface area contributed by atoms with Gasteiger partial charge in [0.25, 0.3) is 0 Å². The third kappa shape index (κ3) is 2.54. The van der Waals surface area contributed by atoms with Crippen LogP contribution in [0.3, 0.4) is 0 Å². The number of benzene rings is 1. The highest BCUT2D eigenvalue weighted by Gasteiger charge is 2.15. The first-order valence-corrected chi connectivity index (χ1v) is 8.18. The number of aromatic nitrogens is 5. The van der Waals surface area contributed by atoms with E-state index in [0.717, 1.165) is 35.7 Å². The van der Waals surface area contributed by atoms with Crippen molar-refractivity contribution in [2.75, 3.05) is 0 Å². The Bertz CT molecular complexity index is 970. The topological polar surface area (TPSA) is 65.6 Å². The van der Waals surface area contributed by atoms with Gasteiger partial charge >= 0.3 is 5.69 Å². The Morgan fingerprint density at radius 2 is 1.96 bits per heavy atom. The van der Waals surface area contributed by atoms with Gasteiger partial charge in [-0.2, -0.15) is 10.1 Å². The maximum atomic E-state index is 12.2. The van der Waals surface area contributed by atoms with Gasteiger partial charge in [0.2, 0.25) is 0 Å². The number of nitrogens with zero attached hydrogens (tertiary/aromatic N) is 5. The lowest BCUT2D eigenvalue weighted by Crippen LogP contribution is -2.27. The normalized spacial score (nSPS) is 13.2. The van der Waals surface area contributed by atoms with E-state index in [-0.39, 0.29) is 5.69 Å². The summed E-state index contributed by atoms with van der Waals surface area (Å²) in [5, 5.41) is 4.35. The average Bonchev–Trinajstić information content (AvgIpc) is 3.18. The Labute approximate surface area is 139 Å². The van der Waals surface area contributed by atoms with Gasteiger partial charge in [-0.25, -0.2) is 14.5 Å². The van der Waals surface area contributed by atoms with Gasteiger partial charge < -0.3 is 0 Å². The van der Waals surface area contributed by atoms with Gasteiger partial charge in [0.15, 0.2) is 5.82 Å². The molecule has 0 bridgehead atoms. The number of hydrogen-bond donors (Lipinski definition) is 0. The Morgan fingerprint density at radius 3 is 2.79 bits per heavy atom. The standard InChI is InChI=1S/C18H19N5O/c1-12-8-13(2)22(18(24)21-12)10-17-19-11-20-23(17)16-7-6-14-4-3-5-15(14)9-16/h6-9,11H,3-5,10H2,1-2H3. The summed E-state index contributed by atoms with van der Waals surface area (Å²) in [5.74, 6) is 0.726. The van der Waals surface area contributed by atoms with Gasteiger partial charge in [-0.1, -0.05) is 6.07 Å². The summed E-state index contributed by atoms with van der Waals surface area (Å²) in [6.45, 7) is 4.09. The lowest BCUT2D eigenvalue weighted by molar-refractivity contribution is 0.643. The van der Waals surface area contributed by atoms with Crippen LogP contribution in [0.1, 0.15) is 34.8 Å². The lowest BCUT2D eigenvalue weighted by atomic mass is 10.1. The predicted molar refractivity (Wildman–Crippen MR) is 90.5 cm³/mol. The van der Waals surface area contributed by atoms with E-state index in [9.17, 15) is 4.79 Å². The predicted octanol–water partition coefficient (Wildman–Crippen LogP) is 1.98. The molecule has 0 atom stereocenters. The molecule has 1 aliphatic rings. The Balaban J connectivity index is 1.72. The van der Waals surface area contributed by atoms with Crippen molar-refractivity contribution < 1.29 is 0 Å². The van der Waals surface area contributed by atoms with Crippen molar-refractivity contribution in [2.24, 2.45) is 0 Å². The maximum absolute atomic E-state index is 12.2. The first-order chi connectivity index (χ1) is 11.6. The molecule has 24 heavy (non-hydrogen) atoms. The summed E-state index contributed by atoms with van der Waals surface area (Å²) in [7, 11) is 0. The van der Waals surface area contributed by atoms with Gasteiger partial charge in [0.05, 0.1) is 12.2 Å². The smallest absolute Gasteiger partial charge is 0.289 e. The zero-order valence-corrected chi connectivity index (χ0v) is 13.9. The van der Waals surface area contributed by atoms with E-state index in [1.54, 1.807) is 4.57 Å². The summed E-state index contributed by atoms with van der Waals surface area (Å²) < 4.78 is 3.44. The zero-order chi connectivity index (χ0) is 16.7. The van der Waals surface area contributed by atoms with Crippen molar-refractivity contribution >= 4 is 0 Å². The van der Waals surface area contributed by atoms with E-state index in [1.807, 2.05) is 24.6 Å². The number of fused-ring (bicyclic) bond motifs is 1. The van der Waals surface area contributed by atoms with Crippen LogP contribution in [-0.2, 0) is 19.4 Å². The minimum Gasteiger partial charge on any atom is -0.289 e. The van der Waals surface area contributed by atoms with Crippen molar-refractivity contribution in [3.8, 4) is 5.69 Å². The van der Waals surface area contributed by atoms with Crippen LogP contribution in [0.25, 0.3) is 5.69 Å². The van der Waals surface area contributed by atoms with Crippen molar-refractivity contribution in [3.05, 3.63) is 69.4 Å². The van der Waals surface area contributed by atoms with Gasteiger partial charge in [-0.05, 0) is 62.4 Å². The lowest BCUT2D eigenvalue weighted by Gasteiger charge is -2.11. The van der Waals surface area contributed by atoms with E-state index in [0.29, 0.717) is 6.54 Å². The molecular formula is C18H19N5O. The number of aryl methyl sites for hydroxylation is 4.